The minimum atomic E-state index is -1.25. The number of carboxylic acids is 1. The van der Waals surface area contributed by atoms with Crippen molar-refractivity contribution in [3.63, 3.8) is 0 Å². The number of para-hydroxylation sites is 1. The number of fused-ring (bicyclic) bond motifs is 1. The number of carbonyl (C=O) groups is 2. The second-order valence-electron chi connectivity index (χ2n) is 2.64. The maximum Gasteiger partial charge on any atom is 0.392 e. The summed E-state index contributed by atoms with van der Waals surface area (Å²) in [7, 11) is 0. The molecule has 1 N–H and O–H groups in total. The molecule has 0 spiro atoms. The van der Waals surface area contributed by atoms with E-state index in [4.69, 9.17) is 9.52 Å². The van der Waals surface area contributed by atoms with Gasteiger partial charge in [-0.25, -0.2) is 9.78 Å². The Labute approximate surface area is 78.0 Å². The van der Waals surface area contributed by atoms with Crippen molar-refractivity contribution < 1.29 is 19.1 Å². The Morgan fingerprint density at radius 1 is 1.50 bits per heavy atom. The van der Waals surface area contributed by atoms with E-state index >= 15 is 0 Å². The number of carboxylic acid groups (broad SMARTS) is 1. The molecule has 0 fully saturated rings. The number of benzene rings is 1. The summed E-state index contributed by atoms with van der Waals surface area (Å²) >= 11 is 0. The summed E-state index contributed by atoms with van der Waals surface area (Å²) < 4.78 is 4.90. The van der Waals surface area contributed by atoms with Crippen molar-refractivity contribution >= 4 is 23.4 Å². The molecule has 0 unspecified atom stereocenters. The smallest absolute Gasteiger partial charge is 0.392 e. The highest BCUT2D eigenvalue weighted by molar-refractivity contribution is 5.95. The van der Waals surface area contributed by atoms with Gasteiger partial charge in [0.05, 0.1) is 0 Å². The first-order valence-corrected chi connectivity index (χ1v) is 3.80. The van der Waals surface area contributed by atoms with Gasteiger partial charge in [-0.05, 0) is 12.1 Å². The van der Waals surface area contributed by atoms with Gasteiger partial charge in [0.1, 0.15) is 5.52 Å². The van der Waals surface area contributed by atoms with Crippen molar-refractivity contribution in [2.75, 3.05) is 0 Å². The monoisotopic (exact) mass is 191 g/mol. The molecule has 14 heavy (non-hydrogen) atoms. The molecule has 0 aliphatic rings. The third-order valence-corrected chi connectivity index (χ3v) is 1.76. The molecule has 70 valence electrons. The van der Waals surface area contributed by atoms with Gasteiger partial charge in [0.25, 0.3) is 0 Å². The van der Waals surface area contributed by atoms with Crippen molar-refractivity contribution in [2.45, 2.75) is 0 Å². The molecular formula is C9H5NO4. The number of nitrogens with zero attached hydrogens (tertiary/aromatic N) is 1. The summed E-state index contributed by atoms with van der Waals surface area (Å²) in [6.45, 7) is 0. The van der Waals surface area contributed by atoms with Crippen LogP contribution in [0.3, 0.4) is 0 Å². The molecule has 0 atom stereocenters. The molecule has 0 amide bonds. The van der Waals surface area contributed by atoms with E-state index in [0.717, 1.165) is 0 Å². The van der Waals surface area contributed by atoms with Crippen LogP contribution >= 0.6 is 0 Å². The van der Waals surface area contributed by atoms with Crippen LogP contribution in [0, 0.1) is 0 Å². The minimum absolute atomic E-state index is 0.278. The number of carbonyl (C=O) groups excluding carboxylic acids is 1. The van der Waals surface area contributed by atoms with Crippen LogP contribution in [0.4, 0.5) is 0 Å². The molecule has 5 nitrogen and oxygen atoms in total. The number of hydrogen-bond donors (Lipinski definition) is 1. The third-order valence-electron chi connectivity index (χ3n) is 1.76. The second kappa shape index (κ2) is 2.95. The number of aromatic nitrogens is 1. The Morgan fingerprint density at radius 3 is 2.93 bits per heavy atom. The lowest BCUT2D eigenvalue weighted by molar-refractivity contribution is 0.0656. The van der Waals surface area contributed by atoms with E-state index in [-0.39, 0.29) is 5.52 Å². The highest BCUT2D eigenvalue weighted by Crippen LogP contribution is 2.18. The fraction of sp³-hybridized carbons (Fsp3) is 0. The number of hydrogen-bond acceptors (Lipinski definition) is 4. The molecule has 2 rings (SSSR count). The maximum atomic E-state index is 10.6. The Morgan fingerprint density at radius 2 is 2.29 bits per heavy atom. The van der Waals surface area contributed by atoms with Crippen LogP contribution in [0.1, 0.15) is 21.0 Å². The zero-order chi connectivity index (χ0) is 10.1. The van der Waals surface area contributed by atoms with Gasteiger partial charge in [0, 0.05) is 5.56 Å². The van der Waals surface area contributed by atoms with Gasteiger partial charge in [0.15, 0.2) is 11.9 Å². The molecule has 1 heterocycles. The first-order valence-electron chi connectivity index (χ1n) is 3.80. The molecule has 0 saturated heterocycles. The minimum Gasteiger partial charge on any atom is -0.474 e. The molecule has 0 bridgehead atoms. The van der Waals surface area contributed by atoms with Crippen molar-refractivity contribution in [1.82, 2.24) is 4.98 Å². The zero-order valence-corrected chi connectivity index (χ0v) is 6.93. The lowest BCUT2D eigenvalue weighted by Gasteiger charge is -1.87. The molecular weight excluding hydrogens is 186 g/mol. The van der Waals surface area contributed by atoms with Crippen molar-refractivity contribution in [1.29, 1.82) is 0 Å². The lowest BCUT2D eigenvalue weighted by atomic mass is 10.2. The van der Waals surface area contributed by atoms with Crippen LogP contribution < -0.4 is 0 Å². The number of rotatable bonds is 2. The average molecular weight is 191 g/mol. The number of oxazole rings is 1. The molecule has 2 aromatic rings. The molecule has 0 aliphatic carbocycles. The van der Waals surface area contributed by atoms with Crippen LogP contribution in [0.15, 0.2) is 22.6 Å². The van der Waals surface area contributed by atoms with E-state index in [9.17, 15) is 9.59 Å². The van der Waals surface area contributed by atoms with Gasteiger partial charge in [0.2, 0.25) is 0 Å². The van der Waals surface area contributed by atoms with Crippen molar-refractivity contribution in [2.24, 2.45) is 0 Å². The van der Waals surface area contributed by atoms with Crippen molar-refractivity contribution in [3.8, 4) is 0 Å². The summed E-state index contributed by atoms with van der Waals surface area (Å²) in [4.78, 5) is 24.8. The summed E-state index contributed by atoms with van der Waals surface area (Å²) in [5.41, 5.74) is 0.894. The standard InChI is InChI=1S/C9H5NO4/c11-4-5-2-1-3-6-7(5)10-8(14-6)9(12)13/h1-4H,(H,12,13). The first-order chi connectivity index (χ1) is 6.72. The van der Waals surface area contributed by atoms with E-state index in [2.05, 4.69) is 4.98 Å². The zero-order valence-electron chi connectivity index (χ0n) is 6.93. The highest BCUT2D eigenvalue weighted by Gasteiger charge is 2.14. The molecule has 0 radical (unpaired) electrons. The molecule has 0 aliphatic heterocycles. The van der Waals surface area contributed by atoms with Gasteiger partial charge in [-0.15, -0.1) is 0 Å². The summed E-state index contributed by atoms with van der Waals surface area (Å²) in [6.07, 6.45) is 0.608. The SMILES string of the molecule is O=Cc1cccc2oc(C(=O)O)nc12. The van der Waals surface area contributed by atoms with E-state index in [1.807, 2.05) is 0 Å². The quantitative estimate of drug-likeness (QED) is 0.724. The van der Waals surface area contributed by atoms with Gasteiger partial charge < -0.3 is 9.52 Å². The Hall–Kier alpha value is -2.17. The number of aromatic carboxylic acids is 1. The van der Waals surface area contributed by atoms with E-state index < -0.39 is 11.9 Å². The van der Waals surface area contributed by atoms with Gasteiger partial charge in [-0.1, -0.05) is 6.07 Å². The van der Waals surface area contributed by atoms with Gasteiger partial charge in [-0.3, -0.25) is 4.79 Å². The summed E-state index contributed by atoms with van der Waals surface area (Å²) in [6, 6.07) is 4.70. The lowest BCUT2D eigenvalue weighted by Crippen LogP contribution is -1.95. The predicted molar refractivity (Wildman–Crippen MR) is 46.4 cm³/mol. The van der Waals surface area contributed by atoms with Gasteiger partial charge >= 0.3 is 11.9 Å². The van der Waals surface area contributed by atoms with Crippen LogP contribution in [0.2, 0.25) is 0 Å². The fourth-order valence-electron chi connectivity index (χ4n) is 1.16. The fourth-order valence-corrected chi connectivity index (χ4v) is 1.16. The summed E-state index contributed by atoms with van der Waals surface area (Å²) in [5, 5.41) is 8.60. The largest absolute Gasteiger partial charge is 0.474 e. The molecule has 5 heteroatoms. The Kier molecular flexibility index (Phi) is 1.78. The van der Waals surface area contributed by atoms with Crippen molar-refractivity contribution in [3.05, 3.63) is 29.7 Å². The van der Waals surface area contributed by atoms with Crippen LogP contribution in [0.5, 0.6) is 0 Å². The number of aldehydes is 1. The van der Waals surface area contributed by atoms with E-state index in [0.29, 0.717) is 17.4 Å². The molecule has 1 aromatic carbocycles. The molecule has 1 aromatic heterocycles. The Balaban J connectivity index is 2.76. The predicted octanol–water partition coefficient (Wildman–Crippen LogP) is 1.34. The Bertz CT molecular complexity index is 515. The average Bonchev–Trinajstić information content (AvgIpc) is 2.60. The normalized spacial score (nSPS) is 10.3. The van der Waals surface area contributed by atoms with Crippen LogP contribution in [0.25, 0.3) is 11.1 Å². The summed E-state index contributed by atoms with van der Waals surface area (Å²) in [5.74, 6) is -1.66. The second-order valence-corrected chi connectivity index (χ2v) is 2.64. The molecule has 0 saturated carbocycles. The van der Waals surface area contributed by atoms with Gasteiger partial charge in [-0.2, -0.15) is 0 Å². The first kappa shape index (κ1) is 8.43. The van der Waals surface area contributed by atoms with E-state index in [1.165, 1.54) is 0 Å². The van der Waals surface area contributed by atoms with Crippen LogP contribution in [-0.4, -0.2) is 22.3 Å². The van der Waals surface area contributed by atoms with E-state index in [1.54, 1.807) is 18.2 Å². The topological polar surface area (TPSA) is 80.4 Å². The maximum absolute atomic E-state index is 10.6. The highest BCUT2D eigenvalue weighted by atomic mass is 16.4. The third kappa shape index (κ3) is 1.15. The van der Waals surface area contributed by atoms with Crippen LogP contribution in [-0.2, 0) is 0 Å².